The van der Waals surface area contributed by atoms with E-state index in [1.54, 1.807) is 72.8 Å². The Balaban J connectivity index is 1.91. The molecule has 1 aliphatic heterocycles. The van der Waals surface area contributed by atoms with Crippen molar-refractivity contribution in [1.29, 1.82) is 0 Å². The second kappa shape index (κ2) is 9.07. The number of benzene rings is 3. The van der Waals surface area contributed by atoms with Crippen LogP contribution in [0.15, 0.2) is 78.4 Å². The number of aliphatic hydroxyl groups excluding tert-OH is 1. The Kier molecular flexibility index (Phi) is 6.21. The minimum absolute atomic E-state index is 0.0125. The molecule has 0 radical (unpaired) electrons. The molecule has 1 heterocycles. The molecule has 0 spiro atoms. The summed E-state index contributed by atoms with van der Waals surface area (Å²) < 4.78 is 5.57. The molecule has 3 aromatic rings. The highest BCUT2D eigenvalue weighted by atomic mass is 35.5. The smallest absolute Gasteiger partial charge is 0.300 e. The van der Waals surface area contributed by atoms with Crippen LogP contribution in [0.1, 0.15) is 24.1 Å². The highest BCUT2D eigenvalue weighted by molar-refractivity contribution is 6.51. The fraction of sp³-hybridized carbons (Fsp3) is 0.120. The highest BCUT2D eigenvalue weighted by Gasteiger charge is 2.47. The molecule has 1 N–H and O–H groups in total. The zero-order chi connectivity index (χ0) is 22.8. The molecule has 0 saturated carbocycles. The van der Waals surface area contributed by atoms with E-state index in [2.05, 4.69) is 0 Å². The van der Waals surface area contributed by atoms with Crippen molar-refractivity contribution in [2.45, 2.75) is 13.0 Å². The van der Waals surface area contributed by atoms with Gasteiger partial charge in [-0.1, -0.05) is 41.4 Å². The number of Topliss-reactive ketones (excluding diaryl/α,β-unsaturated/α-hetero) is 1. The molecule has 0 aromatic heterocycles. The molecule has 0 bridgehead atoms. The molecule has 162 valence electrons. The summed E-state index contributed by atoms with van der Waals surface area (Å²) in [6.07, 6.45) is 0. The standard InChI is InChI=1S/C25H19Cl2NO4/c1-2-32-20-5-3-4-19(14-20)28-22(15-6-10-17(26)11-7-15)21(24(30)25(28)31)23(29)16-8-12-18(27)13-9-16/h3-14,22,29H,2H2,1H3/b23-21+. The number of hydrogen-bond donors (Lipinski definition) is 1. The van der Waals surface area contributed by atoms with E-state index in [9.17, 15) is 14.7 Å². The van der Waals surface area contributed by atoms with E-state index >= 15 is 0 Å². The topological polar surface area (TPSA) is 66.8 Å². The second-order valence-corrected chi connectivity index (χ2v) is 8.03. The fourth-order valence-corrected chi connectivity index (χ4v) is 3.96. The van der Waals surface area contributed by atoms with Crippen molar-refractivity contribution in [3.63, 3.8) is 0 Å². The van der Waals surface area contributed by atoms with Gasteiger partial charge in [-0.2, -0.15) is 0 Å². The molecule has 1 amide bonds. The number of anilines is 1. The number of halogens is 2. The van der Waals surface area contributed by atoms with E-state index in [1.165, 1.54) is 4.90 Å². The first-order valence-corrected chi connectivity index (χ1v) is 10.7. The first kappa shape index (κ1) is 21.9. The Labute approximate surface area is 195 Å². The normalized spacial score (nSPS) is 17.6. The van der Waals surface area contributed by atoms with Gasteiger partial charge in [-0.05, 0) is 61.0 Å². The molecule has 1 atom stereocenters. The Bertz CT molecular complexity index is 1200. The van der Waals surface area contributed by atoms with Crippen molar-refractivity contribution in [2.24, 2.45) is 0 Å². The molecule has 1 unspecified atom stereocenters. The number of amides is 1. The Morgan fingerprint density at radius 3 is 2.22 bits per heavy atom. The van der Waals surface area contributed by atoms with Crippen molar-refractivity contribution in [3.8, 4) is 5.75 Å². The summed E-state index contributed by atoms with van der Waals surface area (Å²) >= 11 is 12.0. The summed E-state index contributed by atoms with van der Waals surface area (Å²) in [5, 5.41) is 12.1. The van der Waals surface area contributed by atoms with Gasteiger partial charge >= 0.3 is 0 Å². The molecule has 32 heavy (non-hydrogen) atoms. The van der Waals surface area contributed by atoms with Crippen molar-refractivity contribution >= 4 is 46.3 Å². The Morgan fingerprint density at radius 2 is 1.59 bits per heavy atom. The maximum atomic E-state index is 13.2. The fourth-order valence-electron chi connectivity index (χ4n) is 3.71. The quantitative estimate of drug-likeness (QED) is 0.283. The third-order valence-electron chi connectivity index (χ3n) is 5.15. The van der Waals surface area contributed by atoms with Crippen LogP contribution in [0.25, 0.3) is 5.76 Å². The lowest BCUT2D eigenvalue weighted by atomic mass is 9.95. The van der Waals surface area contributed by atoms with E-state index in [0.29, 0.717) is 39.2 Å². The van der Waals surface area contributed by atoms with Crippen LogP contribution in [0.3, 0.4) is 0 Å². The lowest BCUT2D eigenvalue weighted by molar-refractivity contribution is -0.132. The zero-order valence-corrected chi connectivity index (χ0v) is 18.6. The number of ketones is 1. The minimum Gasteiger partial charge on any atom is -0.507 e. The van der Waals surface area contributed by atoms with Crippen molar-refractivity contribution in [3.05, 3.63) is 99.5 Å². The third kappa shape index (κ3) is 4.09. The van der Waals surface area contributed by atoms with Crippen LogP contribution in [-0.2, 0) is 9.59 Å². The van der Waals surface area contributed by atoms with Gasteiger partial charge in [0.2, 0.25) is 0 Å². The van der Waals surface area contributed by atoms with Gasteiger partial charge in [-0.25, -0.2) is 0 Å². The number of ether oxygens (including phenoxy) is 1. The van der Waals surface area contributed by atoms with Crippen LogP contribution in [0.2, 0.25) is 10.0 Å². The SMILES string of the molecule is CCOc1cccc(N2C(=O)C(=O)/C(=C(/O)c3ccc(Cl)cc3)C2c2ccc(Cl)cc2)c1. The number of rotatable bonds is 5. The second-order valence-electron chi connectivity index (χ2n) is 7.16. The molecule has 7 heteroatoms. The van der Waals surface area contributed by atoms with Crippen LogP contribution in [0.4, 0.5) is 5.69 Å². The molecule has 1 fully saturated rings. The van der Waals surface area contributed by atoms with Gasteiger partial charge in [0.25, 0.3) is 11.7 Å². The van der Waals surface area contributed by atoms with Crippen LogP contribution in [0, 0.1) is 0 Å². The lowest BCUT2D eigenvalue weighted by Gasteiger charge is -2.26. The predicted molar refractivity (Wildman–Crippen MR) is 125 cm³/mol. The van der Waals surface area contributed by atoms with Crippen molar-refractivity contribution in [1.82, 2.24) is 0 Å². The Hall–Kier alpha value is -3.28. The minimum atomic E-state index is -0.847. The summed E-state index contributed by atoms with van der Waals surface area (Å²) in [5.74, 6) is -1.23. The van der Waals surface area contributed by atoms with Crippen LogP contribution in [-0.4, -0.2) is 23.4 Å². The van der Waals surface area contributed by atoms with E-state index in [1.807, 2.05) is 6.92 Å². The molecular weight excluding hydrogens is 449 g/mol. The maximum Gasteiger partial charge on any atom is 0.300 e. The summed E-state index contributed by atoms with van der Waals surface area (Å²) in [5.41, 5.74) is 1.48. The number of carbonyl (C=O) groups is 2. The largest absolute Gasteiger partial charge is 0.507 e. The summed E-state index contributed by atoms with van der Waals surface area (Å²) in [7, 11) is 0. The van der Waals surface area contributed by atoms with Gasteiger partial charge in [-0.3, -0.25) is 14.5 Å². The molecule has 4 rings (SSSR count). The number of hydrogen-bond acceptors (Lipinski definition) is 4. The Morgan fingerprint density at radius 1 is 0.969 bits per heavy atom. The van der Waals surface area contributed by atoms with Crippen molar-refractivity contribution < 1.29 is 19.4 Å². The average Bonchev–Trinajstić information content (AvgIpc) is 3.05. The molecule has 0 aliphatic carbocycles. The number of carbonyl (C=O) groups excluding carboxylic acids is 2. The predicted octanol–water partition coefficient (Wildman–Crippen LogP) is 6.02. The highest BCUT2D eigenvalue weighted by Crippen LogP contribution is 2.43. The lowest BCUT2D eigenvalue weighted by Crippen LogP contribution is -2.29. The van der Waals surface area contributed by atoms with Gasteiger partial charge in [0, 0.05) is 27.4 Å². The van der Waals surface area contributed by atoms with Gasteiger partial charge in [0.05, 0.1) is 18.2 Å². The van der Waals surface area contributed by atoms with Gasteiger partial charge < -0.3 is 9.84 Å². The van der Waals surface area contributed by atoms with Crippen molar-refractivity contribution in [2.75, 3.05) is 11.5 Å². The summed E-state index contributed by atoms with van der Waals surface area (Å²) in [4.78, 5) is 27.7. The van der Waals surface area contributed by atoms with Crippen LogP contribution < -0.4 is 9.64 Å². The van der Waals surface area contributed by atoms with E-state index in [-0.39, 0.29) is 11.3 Å². The van der Waals surface area contributed by atoms with Gasteiger partial charge in [0.15, 0.2) is 0 Å². The zero-order valence-electron chi connectivity index (χ0n) is 17.1. The number of nitrogens with zero attached hydrogens (tertiary/aromatic N) is 1. The van der Waals surface area contributed by atoms with E-state index < -0.39 is 17.7 Å². The van der Waals surface area contributed by atoms with E-state index in [0.717, 1.165) is 0 Å². The molecule has 3 aromatic carbocycles. The molecule has 1 aliphatic rings. The first-order chi connectivity index (χ1) is 15.4. The van der Waals surface area contributed by atoms with Gasteiger partial charge in [-0.15, -0.1) is 0 Å². The monoisotopic (exact) mass is 467 g/mol. The third-order valence-corrected chi connectivity index (χ3v) is 5.66. The van der Waals surface area contributed by atoms with Gasteiger partial charge in [0.1, 0.15) is 11.5 Å². The molecular formula is C25H19Cl2NO4. The number of aliphatic hydroxyl groups is 1. The summed E-state index contributed by atoms with van der Waals surface area (Å²) in [6, 6.07) is 19.3. The van der Waals surface area contributed by atoms with Crippen LogP contribution >= 0.6 is 23.2 Å². The molecule has 1 saturated heterocycles. The van der Waals surface area contributed by atoms with E-state index in [4.69, 9.17) is 27.9 Å². The maximum absolute atomic E-state index is 13.2. The first-order valence-electron chi connectivity index (χ1n) is 9.96. The summed E-state index contributed by atoms with van der Waals surface area (Å²) in [6.45, 7) is 2.32. The average molecular weight is 468 g/mol. The van der Waals surface area contributed by atoms with Crippen LogP contribution in [0.5, 0.6) is 5.75 Å². The molecule has 5 nitrogen and oxygen atoms in total.